The average Bonchev–Trinajstić information content (AvgIpc) is 2.62. The van der Waals surface area contributed by atoms with Gasteiger partial charge in [-0.15, -0.1) is 0 Å². The van der Waals surface area contributed by atoms with Crippen LogP contribution >= 0.6 is 10.2 Å². The number of carbonyl (C=O) groups excluding carboxylic acids is 1. The Morgan fingerprint density at radius 1 is 1.24 bits per heavy atom. The number of hydrogen-bond donors (Lipinski definition) is 3. The van der Waals surface area contributed by atoms with Crippen LogP contribution in [0.15, 0.2) is 48.5 Å². The fraction of sp³-hybridized carbons (Fsp3) is 0.118. The van der Waals surface area contributed by atoms with Gasteiger partial charge in [-0.05, 0) is 0 Å². The van der Waals surface area contributed by atoms with Crippen molar-refractivity contribution >= 4 is 46.0 Å². The molecule has 128 valence electrons. The predicted octanol–water partition coefficient (Wildman–Crippen LogP) is 1.20. The van der Waals surface area contributed by atoms with E-state index in [-0.39, 0.29) is 19.7 Å². The van der Waals surface area contributed by atoms with E-state index in [9.17, 15) is 9.59 Å². The molecule has 0 aliphatic heterocycles. The number of anilines is 1. The summed E-state index contributed by atoms with van der Waals surface area (Å²) in [6.45, 7) is 0. The number of rotatable bonds is 7. The molecule has 0 unspecified atom stereocenters. The summed E-state index contributed by atoms with van der Waals surface area (Å²) >= 11 is -0.133. The van der Waals surface area contributed by atoms with Crippen molar-refractivity contribution in [2.45, 2.75) is 6.04 Å². The summed E-state index contributed by atoms with van der Waals surface area (Å²) in [5.41, 5.74) is 7.16. The van der Waals surface area contributed by atoms with Crippen LogP contribution in [0, 0.1) is 11.3 Å². The Balaban J connectivity index is 2.04. The molecule has 0 spiro atoms. The summed E-state index contributed by atoms with van der Waals surface area (Å²) in [6, 6.07) is 14.9. The molecule has 6 nitrogen and oxygen atoms in total. The molecule has 0 saturated heterocycles. The predicted molar refractivity (Wildman–Crippen MR) is 99.0 cm³/mol. The topological polar surface area (TPSA) is 116 Å². The van der Waals surface area contributed by atoms with Crippen molar-refractivity contribution in [3.05, 3.63) is 59.7 Å². The van der Waals surface area contributed by atoms with Crippen LogP contribution in [0.25, 0.3) is 0 Å². The summed E-state index contributed by atoms with van der Waals surface area (Å²) < 4.78 is 0.865. The van der Waals surface area contributed by atoms with Crippen molar-refractivity contribution in [1.29, 1.82) is 5.26 Å². The first kappa shape index (κ1) is 19.0. The van der Waals surface area contributed by atoms with Gasteiger partial charge in [-0.2, -0.15) is 0 Å². The minimum absolute atomic E-state index is 0.133. The average molecular weight is 420 g/mol. The molecule has 2 aromatic rings. The Morgan fingerprint density at radius 3 is 2.56 bits per heavy atom. The Kier molecular flexibility index (Phi) is 7.04. The van der Waals surface area contributed by atoms with Crippen molar-refractivity contribution in [2.24, 2.45) is 5.73 Å². The van der Waals surface area contributed by atoms with E-state index >= 15 is 0 Å². The third kappa shape index (κ3) is 5.62. The third-order valence-corrected chi connectivity index (χ3v) is 7.39. The van der Waals surface area contributed by atoms with Crippen molar-refractivity contribution in [1.82, 2.24) is 0 Å². The molecule has 0 saturated carbocycles. The van der Waals surface area contributed by atoms with E-state index in [1.165, 1.54) is 10.2 Å². The molecule has 0 radical (unpaired) electrons. The van der Waals surface area contributed by atoms with Crippen LogP contribution in [-0.2, 0) is 4.79 Å². The van der Waals surface area contributed by atoms with Crippen LogP contribution in [0.4, 0.5) is 5.69 Å². The summed E-state index contributed by atoms with van der Waals surface area (Å²) in [5, 5.41) is 20.4. The van der Waals surface area contributed by atoms with Crippen LogP contribution in [0.3, 0.4) is 0 Å². The van der Waals surface area contributed by atoms with Gasteiger partial charge in [-0.3, -0.25) is 0 Å². The van der Waals surface area contributed by atoms with Gasteiger partial charge in [0.1, 0.15) is 0 Å². The monoisotopic (exact) mass is 421 g/mol. The second kappa shape index (κ2) is 9.25. The number of nitriles is 1. The Labute approximate surface area is 154 Å². The first-order chi connectivity index (χ1) is 12.0. The van der Waals surface area contributed by atoms with Gasteiger partial charge in [-0.25, -0.2) is 0 Å². The SMILES string of the molecule is N#Cc1ccc(NC(=O)c2ccccc2[Se]SC[C@H](N)C(=O)O)cc1. The molecule has 8 heteroatoms. The zero-order chi connectivity index (χ0) is 18.2. The van der Waals surface area contributed by atoms with Gasteiger partial charge < -0.3 is 0 Å². The van der Waals surface area contributed by atoms with Gasteiger partial charge in [0.15, 0.2) is 0 Å². The molecule has 2 rings (SSSR count). The Morgan fingerprint density at radius 2 is 1.92 bits per heavy atom. The van der Waals surface area contributed by atoms with E-state index in [0.717, 1.165) is 4.46 Å². The van der Waals surface area contributed by atoms with Crippen LogP contribution in [0.5, 0.6) is 0 Å². The Hall–Kier alpha value is -2.30. The Bertz CT molecular complexity index is 806. The molecule has 25 heavy (non-hydrogen) atoms. The second-order valence-electron chi connectivity index (χ2n) is 4.95. The molecule has 0 fully saturated rings. The fourth-order valence-electron chi connectivity index (χ4n) is 1.80. The maximum absolute atomic E-state index is 12.5. The van der Waals surface area contributed by atoms with E-state index in [2.05, 4.69) is 5.32 Å². The molecular formula is C17H15N3O3SSe. The van der Waals surface area contributed by atoms with E-state index in [1.807, 2.05) is 18.2 Å². The van der Waals surface area contributed by atoms with E-state index in [1.54, 1.807) is 36.4 Å². The number of nitrogens with two attached hydrogens (primary N) is 1. The molecule has 0 heterocycles. The number of carboxylic acid groups (broad SMARTS) is 1. The zero-order valence-corrected chi connectivity index (χ0v) is 15.5. The minimum atomic E-state index is -1.03. The molecule has 1 atom stereocenters. The molecule has 0 aromatic heterocycles. The van der Waals surface area contributed by atoms with Gasteiger partial charge in [-0.1, -0.05) is 0 Å². The van der Waals surface area contributed by atoms with Crippen molar-refractivity contribution in [2.75, 3.05) is 11.1 Å². The number of nitrogens with one attached hydrogen (secondary N) is 1. The third-order valence-electron chi connectivity index (χ3n) is 3.12. The molecular weight excluding hydrogens is 405 g/mol. The zero-order valence-electron chi connectivity index (χ0n) is 13.0. The van der Waals surface area contributed by atoms with Crippen molar-refractivity contribution < 1.29 is 14.7 Å². The first-order valence-electron chi connectivity index (χ1n) is 7.19. The molecule has 0 bridgehead atoms. The van der Waals surface area contributed by atoms with Crippen LogP contribution in [0.1, 0.15) is 15.9 Å². The molecule has 2 aromatic carbocycles. The number of carboxylic acids is 1. The summed E-state index contributed by atoms with van der Waals surface area (Å²) in [5.74, 6) is -0.985. The number of hydrogen-bond acceptors (Lipinski definition) is 5. The van der Waals surface area contributed by atoms with Gasteiger partial charge in [0, 0.05) is 0 Å². The number of benzene rings is 2. The van der Waals surface area contributed by atoms with Crippen LogP contribution < -0.4 is 15.5 Å². The first-order valence-corrected chi connectivity index (χ1v) is 11.1. The number of carbonyl (C=O) groups is 2. The molecule has 4 N–H and O–H groups in total. The van der Waals surface area contributed by atoms with Gasteiger partial charge in [0.05, 0.1) is 0 Å². The second-order valence-corrected chi connectivity index (χ2v) is 9.14. The normalized spacial score (nSPS) is 11.4. The van der Waals surface area contributed by atoms with Gasteiger partial charge in [0.2, 0.25) is 0 Å². The quantitative estimate of drug-likeness (QED) is 0.580. The van der Waals surface area contributed by atoms with E-state index < -0.39 is 12.0 Å². The number of nitrogens with zero attached hydrogens (tertiary/aromatic N) is 1. The van der Waals surface area contributed by atoms with Crippen LogP contribution in [-0.4, -0.2) is 42.6 Å². The van der Waals surface area contributed by atoms with Crippen molar-refractivity contribution in [3.63, 3.8) is 0 Å². The molecule has 0 aliphatic rings. The summed E-state index contributed by atoms with van der Waals surface area (Å²) in [4.78, 5) is 23.3. The van der Waals surface area contributed by atoms with Gasteiger partial charge in [0.25, 0.3) is 0 Å². The summed E-state index contributed by atoms with van der Waals surface area (Å²) in [7, 11) is 1.43. The maximum atomic E-state index is 12.5. The summed E-state index contributed by atoms with van der Waals surface area (Å²) in [6.07, 6.45) is 0. The molecule has 1 amide bonds. The van der Waals surface area contributed by atoms with E-state index in [0.29, 0.717) is 22.6 Å². The fourth-order valence-corrected chi connectivity index (χ4v) is 5.99. The molecule has 0 aliphatic carbocycles. The van der Waals surface area contributed by atoms with Gasteiger partial charge >= 0.3 is 155 Å². The number of aliphatic carboxylic acids is 1. The van der Waals surface area contributed by atoms with Crippen LogP contribution in [0.2, 0.25) is 0 Å². The number of amides is 1. The van der Waals surface area contributed by atoms with E-state index in [4.69, 9.17) is 16.1 Å². The van der Waals surface area contributed by atoms with Crippen molar-refractivity contribution in [3.8, 4) is 6.07 Å². The standard InChI is InChI=1S/C17H15N3O3SSe/c18-9-11-5-7-12(8-6-11)20-16(21)13-3-1-2-4-15(13)25-24-10-14(19)17(22)23/h1-8,14H,10,19H2,(H,20,21)(H,22,23)/t14-/m0/s1.